The first-order chi connectivity index (χ1) is 13.1. The topological polar surface area (TPSA) is 59.8 Å². The fourth-order valence-electron chi connectivity index (χ4n) is 2.60. The number of benzene rings is 2. The van der Waals surface area contributed by atoms with Crippen LogP contribution in [-0.4, -0.2) is 20.8 Å². The summed E-state index contributed by atoms with van der Waals surface area (Å²) in [5.41, 5.74) is 4.05. The molecule has 1 amide bonds. The van der Waals surface area contributed by atoms with E-state index in [4.69, 9.17) is 11.6 Å². The normalized spacial score (nSPS) is 11.0. The second-order valence-electron chi connectivity index (χ2n) is 5.82. The first-order valence-electron chi connectivity index (χ1n) is 8.20. The van der Waals surface area contributed by atoms with E-state index >= 15 is 0 Å². The van der Waals surface area contributed by atoms with Crippen molar-refractivity contribution in [2.45, 2.75) is 17.8 Å². The van der Waals surface area contributed by atoms with E-state index in [9.17, 15) is 4.79 Å². The Labute approximate surface area is 169 Å². The molecule has 0 unspecified atom stereocenters. The van der Waals surface area contributed by atoms with Gasteiger partial charge in [0.15, 0.2) is 0 Å². The van der Waals surface area contributed by atoms with Gasteiger partial charge in [0.25, 0.3) is 5.91 Å². The van der Waals surface area contributed by atoms with Crippen molar-refractivity contribution >= 4 is 50.7 Å². The summed E-state index contributed by atoms with van der Waals surface area (Å²) < 4.78 is 2.59. The molecule has 2 heterocycles. The zero-order valence-electron chi connectivity index (χ0n) is 14.3. The minimum atomic E-state index is -0.273. The Morgan fingerprint density at radius 3 is 2.67 bits per heavy atom. The second-order valence-corrected chi connectivity index (χ2v) is 8.19. The van der Waals surface area contributed by atoms with Crippen molar-refractivity contribution in [2.75, 3.05) is 5.43 Å². The fourth-order valence-corrected chi connectivity index (χ4v) is 4.90. The molecule has 0 radical (unpaired) electrons. The molecule has 5 nitrogen and oxygen atoms in total. The van der Waals surface area contributed by atoms with Gasteiger partial charge >= 0.3 is 0 Å². The lowest BCUT2D eigenvalue weighted by molar-refractivity contribution is 0.101. The number of nitrogens with zero attached hydrogens (tertiary/aromatic N) is 3. The largest absolute Gasteiger partial charge is 0.281 e. The molecule has 4 rings (SSSR count). The molecule has 0 atom stereocenters. The molecule has 8 heteroatoms. The molecule has 27 heavy (non-hydrogen) atoms. The van der Waals surface area contributed by atoms with E-state index in [1.807, 2.05) is 42.5 Å². The van der Waals surface area contributed by atoms with Crippen LogP contribution in [0.5, 0.6) is 0 Å². The lowest BCUT2D eigenvalue weighted by atomic mass is 10.2. The first kappa shape index (κ1) is 18.0. The van der Waals surface area contributed by atoms with E-state index in [0.29, 0.717) is 20.9 Å². The second kappa shape index (κ2) is 7.72. The highest BCUT2D eigenvalue weighted by atomic mass is 35.5. The summed E-state index contributed by atoms with van der Waals surface area (Å²) in [6.07, 6.45) is 0. The molecule has 0 saturated heterocycles. The molecule has 0 spiro atoms. The molecule has 0 bridgehead atoms. The number of thiophene rings is 1. The van der Waals surface area contributed by atoms with Gasteiger partial charge in [-0.25, -0.2) is 4.68 Å². The van der Waals surface area contributed by atoms with Crippen LogP contribution in [0.25, 0.3) is 10.1 Å². The number of rotatable bonds is 5. The quantitative estimate of drug-likeness (QED) is 0.460. The maximum atomic E-state index is 12.8. The van der Waals surface area contributed by atoms with Crippen LogP contribution in [0.1, 0.15) is 21.1 Å². The van der Waals surface area contributed by atoms with Crippen LogP contribution >= 0.6 is 34.7 Å². The molecule has 2 aromatic heterocycles. The molecule has 2 aromatic carbocycles. The van der Waals surface area contributed by atoms with Gasteiger partial charge in [-0.05, 0) is 18.6 Å². The highest BCUT2D eigenvalue weighted by Gasteiger charge is 2.19. The summed E-state index contributed by atoms with van der Waals surface area (Å²) in [7, 11) is 0. The summed E-state index contributed by atoms with van der Waals surface area (Å²) in [5.74, 6) is 1.07. The van der Waals surface area contributed by atoms with Gasteiger partial charge in [0.1, 0.15) is 10.7 Å². The Morgan fingerprint density at radius 2 is 1.89 bits per heavy atom. The van der Waals surface area contributed by atoms with Crippen molar-refractivity contribution in [2.24, 2.45) is 0 Å². The predicted octanol–water partition coefficient (Wildman–Crippen LogP) is 5.13. The fraction of sp³-hybridized carbons (Fsp3) is 0.105. The molecule has 0 fully saturated rings. The number of aromatic nitrogens is 3. The average Bonchev–Trinajstić information content (AvgIpc) is 3.22. The Bertz CT molecular complexity index is 1110. The zero-order chi connectivity index (χ0) is 18.8. The SMILES string of the molecule is Cc1nnc(SCc2ccccc2)n1NC(=O)c1sc2ccccc2c1Cl. The number of aryl methyl sites for hydroxylation is 1. The predicted molar refractivity (Wildman–Crippen MR) is 111 cm³/mol. The van der Waals surface area contributed by atoms with Crippen LogP contribution < -0.4 is 5.43 Å². The molecule has 4 aromatic rings. The van der Waals surface area contributed by atoms with Gasteiger partial charge in [0.2, 0.25) is 5.16 Å². The van der Waals surface area contributed by atoms with Gasteiger partial charge in [-0.3, -0.25) is 10.2 Å². The van der Waals surface area contributed by atoms with E-state index in [0.717, 1.165) is 15.8 Å². The van der Waals surface area contributed by atoms with Crippen LogP contribution in [0.4, 0.5) is 0 Å². The standard InChI is InChI=1S/C19H15ClN4OS2/c1-12-21-22-19(26-11-13-7-3-2-4-8-13)24(12)23-18(25)17-16(20)14-9-5-6-10-15(14)27-17/h2-10H,11H2,1H3,(H,23,25). The molecule has 0 aliphatic heterocycles. The monoisotopic (exact) mass is 414 g/mol. The Morgan fingerprint density at radius 1 is 1.15 bits per heavy atom. The smallest absolute Gasteiger partial charge is 0.266 e. The summed E-state index contributed by atoms with van der Waals surface area (Å²) in [4.78, 5) is 13.3. The van der Waals surface area contributed by atoms with Crippen molar-refractivity contribution in [3.63, 3.8) is 0 Å². The summed E-state index contributed by atoms with van der Waals surface area (Å²) in [5, 5.41) is 10.2. The van der Waals surface area contributed by atoms with Gasteiger partial charge in [0.05, 0.1) is 5.02 Å². The minimum Gasteiger partial charge on any atom is -0.266 e. The van der Waals surface area contributed by atoms with E-state index in [-0.39, 0.29) is 5.91 Å². The third-order valence-corrected chi connectivity index (χ3v) is 6.63. The van der Waals surface area contributed by atoms with Crippen LogP contribution in [0.3, 0.4) is 0 Å². The molecule has 1 N–H and O–H groups in total. The van der Waals surface area contributed by atoms with Crippen LogP contribution in [0, 0.1) is 6.92 Å². The van der Waals surface area contributed by atoms with Crippen molar-refractivity contribution in [1.29, 1.82) is 0 Å². The van der Waals surface area contributed by atoms with Crippen molar-refractivity contribution < 1.29 is 4.79 Å². The molecule has 0 aliphatic rings. The maximum Gasteiger partial charge on any atom is 0.281 e. The number of thioether (sulfide) groups is 1. The molecular weight excluding hydrogens is 400 g/mol. The number of hydrogen-bond donors (Lipinski definition) is 1. The van der Waals surface area contributed by atoms with E-state index < -0.39 is 0 Å². The van der Waals surface area contributed by atoms with Crippen LogP contribution in [0.2, 0.25) is 5.02 Å². The Hall–Kier alpha value is -2.35. The van der Waals surface area contributed by atoms with Crippen molar-refractivity contribution in [3.8, 4) is 0 Å². The highest BCUT2D eigenvalue weighted by molar-refractivity contribution is 7.98. The number of nitrogens with one attached hydrogen (secondary N) is 1. The highest BCUT2D eigenvalue weighted by Crippen LogP contribution is 2.35. The Balaban J connectivity index is 1.56. The lowest BCUT2D eigenvalue weighted by Gasteiger charge is -2.09. The number of carbonyl (C=O) groups excluding carboxylic acids is 1. The van der Waals surface area contributed by atoms with Gasteiger partial charge in [0, 0.05) is 15.8 Å². The van der Waals surface area contributed by atoms with E-state index in [1.165, 1.54) is 28.7 Å². The van der Waals surface area contributed by atoms with Gasteiger partial charge in [-0.2, -0.15) is 0 Å². The third kappa shape index (κ3) is 3.71. The Kier molecular flexibility index (Phi) is 5.15. The lowest BCUT2D eigenvalue weighted by Crippen LogP contribution is -2.24. The van der Waals surface area contributed by atoms with E-state index in [2.05, 4.69) is 27.8 Å². The number of carbonyl (C=O) groups is 1. The number of hydrogen-bond acceptors (Lipinski definition) is 5. The molecule has 136 valence electrons. The zero-order valence-corrected chi connectivity index (χ0v) is 16.7. The summed E-state index contributed by atoms with van der Waals surface area (Å²) in [6.45, 7) is 1.80. The molecular formula is C19H15ClN4OS2. The number of halogens is 1. The molecule has 0 aliphatic carbocycles. The third-order valence-electron chi connectivity index (χ3n) is 3.96. The van der Waals surface area contributed by atoms with Crippen molar-refractivity contribution in [3.05, 3.63) is 75.9 Å². The number of fused-ring (bicyclic) bond motifs is 1. The minimum absolute atomic E-state index is 0.273. The average molecular weight is 415 g/mol. The van der Waals surface area contributed by atoms with Gasteiger partial charge < -0.3 is 0 Å². The first-order valence-corrected chi connectivity index (χ1v) is 10.4. The van der Waals surface area contributed by atoms with Gasteiger partial charge in [-0.15, -0.1) is 21.5 Å². The van der Waals surface area contributed by atoms with Crippen LogP contribution in [-0.2, 0) is 5.75 Å². The van der Waals surface area contributed by atoms with Crippen LogP contribution in [0.15, 0.2) is 59.8 Å². The maximum absolute atomic E-state index is 12.8. The van der Waals surface area contributed by atoms with E-state index in [1.54, 1.807) is 11.6 Å². The number of amides is 1. The molecule has 0 saturated carbocycles. The summed E-state index contributed by atoms with van der Waals surface area (Å²) in [6, 6.07) is 17.8. The van der Waals surface area contributed by atoms with Gasteiger partial charge in [-0.1, -0.05) is 71.9 Å². The van der Waals surface area contributed by atoms with Crippen molar-refractivity contribution in [1.82, 2.24) is 14.9 Å². The summed E-state index contributed by atoms with van der Waals surface area (Å²) >= 11 is 9.30.